The van der Waals surface area contributed by atoms with Gasteiger partial charge in [0.1, 0.15) is 0 Å². The zero-order valence-electron chi connectivity index (χ0n) is 12.4. The molecule has 2 aliphatic heterocycles. The molecule has 108 valence electrons. The summed E-state index contributed by atoms with van der Waals surface area (Å²) in [4.78, 5) is 4.57. The van der Waals surface area contributed by atoms with Gasteiger partial charge in [0.15, 0.2) is 0 Å². The third-order valence-electron chi connectivity index (χ3n) is 4.15. The van der Waals surface area contributed by atoms with E-state index in [0.717, 1.165) is 11.3 Å². The molecule has 3 heterocycles. The van der Waals surface area contributed by atoms with Crippen LogP contribution in [0.1, 0.15) is 39.7 Å². The summed E-state index contributed by atoms with van der Waals surface area (Å²) >= 11 is 0. The fourth-order valence-corrected chi connectivity index (χ4v) is 2.22. The summed E-state index contributed by atoms with van der Waals surface area (Å²) in [7, 11) is -0.457. The molecule has 3 rings (SSSR count). The van der Waals surface area contributed by atoms with E-state index in [4.69, 9.17) is 18.8 Å². The molecule has 20 heavy (non-hydrogen) atoms. The van der Waals surface area contributed by atoms with Gasteiger partial charge >= 0.3 is 7.12 Å². The van der Waals surface area contributed by atoms with Crippen LogP contribution in [0.5, 0.6) is 0 Å². The molecule has 0 unspecified atom stereocenters. The standard InChI is InChI=1S/C14H20BNO4/c1-13(2)14(3,4)20-15(19-13)11-7-5-6-10(16-11)12-17-8-9-18-12/h5-7,12H,8-9H2,1-4H3. The predicted molar refractivity (Wildman–Crippen MR) is 74.6 cm³/mol. The van der Waals surface area contributed by atoms with E-state index >= 15 is 0 Å². The molecule has 2 saturated heterocycles. The molecule has 0 amide bonds. The van der Waals surface area contributed by atoms with Crippen LogP contribution in [-0.2, 0) is 18.8 Å². The van der Waals surface area contributed by atoms with Gasteiger partial charge in [-0.15, -0.1) is 0 Å². The minimum Gasteiger partial charge on any atom is -0.398 e. The predicted octanol–water partition coefficient (Wildman–Crippen LogP) is 1.43. The Hall–Kier alpha value is -0.945. The van der Waals surface area contributed by atoms with Crippen molar-refractivity contribution in [3.05, 3.63) is 23.9 Å². The topological polar surface area (TPSA) is 49.8 Å². The number of aromatic nitrogens is 1. The van der Waals surface area contributed by atoms with Crippen molar-refractivity contribution in [3.63, 3.8) is 0 Å². The Labute approximate surface area is 119 Å². The fourth-order valence-electron chi connectivity index (χ4n) is 2.22. The lowest BCUT2D eigenvalue weighted by atomic mass is 9.84. The monoisotopic (exact) mass is 277 g/mol. The molecule has 6 heteroatoms. The first-order chi connectivity index (χ1) is 9.39. The van der Waals surface area contributed by atoms with E-state index in [0.29, 0.717) is 13.2 Å². The third-order valence-corrected chi connectivity index (χ3v) is 4.15. The quantitative estimate of drug-likeness (QED) is 0.765. The third kappa shape index (κ3) is 2.37. The summed E-state index contributed by atoms with van der Waals surface area (Å²) in [5.74, 6) is 0. The van der Waals surface area contributed by atoms with Crippen molar-refractivity contribution in [2.45, 2.75) is 45.2 Å². The average molecular weight is 277 g/mol. The van der Waals surface area contributed by atoms with Gasteiger partial charge in [-0.1, -0.05) is 6.07 Å². The van der Waals surface area contributed by atoms with Crippen molar-refractivity contribution in [1.29, 1.82) is 0 Å². The van der Waals surface area contributed by atoms with Crippen molar-refractivity contribution in [2.24, 2.45) is 0 Å². The van der Waals surface area contributed by atoms with E-state index in [2.05, 4.69) is 4.98 Å². The van der Waals surface area contributed by atoms with Crippen molar-refractivity contribution >= 4 is 12.7 Å². The molecule has 2 aliphatic rings. The molecule has 0 N–H and O–H groups in total. The van der Waals surface area contributed by atoms with E-state index in [1.807, 2.05) is 45.9 Å². The molecular formula is C14H20BNO4. The van der Waals surface area contributed by atoms with Gasteiger partial charge in [-0.05, 0) is 39.8 Å². The van der Waals surface area contributed by atoms with Gasteiger partial charge in [0, 0.05) is 0 Å². The molecule has 2 fully saturated rings. The normalized spacial score (nSPS) is 25.3. The molecule has 0 atom stereocenters. The van der Waals surface area contributed by atoms with Crippen LogP contribution in [0.3, 0.4) is 0 Å². The summed E-state index contributed by atoms with van der Waals surface area (Å²) in [6.07, 6.45) is -0.377. The van der Waals surface area contributed by atoms with Crippen LogP contribution in [0, 0.1) is 0 Å². The number of nitrogens with zero attached hydrogens (tertiary/aromatic N) is 1. The maximum atomic E-state index is 6.00. The van der Waals surface area contributed by atoms with Crippen LogP contribution in [0.25, 0.3) is 0 Å². The number of hydrogen-bond donors (Lipinski definition) is 0. The van der Waals surface area contributed by atoms with Crippen molar-refractivity contribution in [1.82, 2.24) is 4.98 Å². The molecular weight excluding hydrogens is 257 g/mol. The van der Waals surface area contributed by atoms with E-state index in [9.17, 15) is 0 Å². The highest BCUT2D eigenvalue weighted by Crippen LogP contribution is 2.36. The van der Waals surface area contributed by atoms with Crippen LogP contribution >= 0.6 is 0 Å². The highest BCUT2D eigenvalue weighted by molar-refractivity contribution is 6.61. The van der Waals surface area contributed by atoms with Crippen LogP contribution in [0.2, 0.25) is 0 Å². The second-order valence-electron chi connectivity index (χ2n) is 6.15. The van der Waals surface area contributed by atoms with Gasteiger partial charge in [-0.3, -0.25) is 4.98 Å². The first kappa shape index (κ1) is 14.0. The van der Waals surface area contributed by atoms with E-state index in [1.165, 1.54) is 0 Å². The Bertz CT molecular complexity index is 484. The Morgan fingerprint density at radius 2 is 1.65 bits per heavy atom. The second kappa shape index (κ2) is 4.81. The molecule has 1 aromatic rings. The lowest BCUT2D eigenvalue weighted by Crippen LogP contribution is -2.41. The largest absolute Gasteiger partial charge is 0.514 e. The highest BCUT2D eigenvalue weighted by Gasteiger charge is 2.52. The van der Waals surface area contributed by atoms with Gasteiger partial charge in [-0.25, -0.2) is 0 Å². The van der Waals surface area contributed by atoms with Crippen molar-refractivity contribution < 1.29 is 18.8 Å². The van der Waals surface area contributed by atoms with Gasteiger partial charge in [0.2, 0.25) is 6.29 Å². The van der Waals surface area contributed by atoms with Crippen LogP contribution in [-0.4, -0.2) is 36.5 Å². The van der Waals surface area contributed by atoms with Gasteiger partial charge in [0.05, 0.1) is 35.7 Å². The Balaban J connectivity index is 1.83. The van der Waals surface area contributed by atoms with E-state index in [1.54, 1.807) is 0 Å². The summed E-state index contributed by atoms with van der Waals surface area (Å²) in [5.41, 5.74) is 0.778. The zero-order chi connectivity index (χ0) is 14.4. The molecule has 1 aromatic heterocycles. The smallest absolute Gasteiger partial charge is 0.398 e. The molecule has 0 radical (unpaired) electrons. The second-order valence-corrected chi connectivity index (χ2v) is 6.15. The summed E-state index contributed by atoms with van der Waals surface area (Å²) < 4.78 is 22.9. The highest BCUT2D eigenvalue weighted by atomic mass is 16.7. The number of rotatable bonds is 2. The van der Waals surface area contributed by atoms with Crippen LogP contribution < -0.4 is 5.59 Å². The molecule has 0 aliphatic carbocycles. The van der Waals surface area contributed by atoms with Gasteiger partial charge in [0.25, 0.3) is 0 Å². The first-order valence-corrected chi connectivity index (χ1v) is 6.95. The van der Waals surface area contributed by atoms with Crippen LogP contribution in [0.15, 0.2) is 18.2 Å². The minimum atomic E-state index is -0.457. The molecule has 0 spiro atoms. The summed E-state index contributed by atoms with van der Waals surface area (Å²) in [5, 5.41) is 0. The van der Waals surface area contributed by atoms with Crippen molar-refractivity contribution in [3.8, 4) is 0 Å². The lowest BCUT2D eigenvalue weighted by molar-refractivity contribution is -0.0471. The van der Waals surface area contributed by atoms with E-state index < -0.39 is 7.12 Å². The first-order valence-electron chi connectivity index (χ1n) is 6.95. The maximum Gasteiger partial charge on any atom is 0.514 e. The number of pyridine rings is 1. The van der Waals surface area contributed by atoms with Gasteiger partial charge < -0.3 is 18.8 Å². The molecule has 0 saturated carbocycles. The Kier molecular flexibility index (Phi) is 3.37. The Morgan fingerprint density at radius 1 is 1.05 bits per heavy atom. The maximum absolute atomic E-state index is 6.00. The van der Waals surface area contributed by atoms with Gasteiger partial charge in [-0.2, -0.15) is 0 Å². The summed E-state index contributed by atoms with van der Waals surface area (Å²) in [6, 6.07) is 5.72. The molecule has 0 aromatic carbocycles. The zero-order valence-corrected chi connectivity index (χ0v) is 12.4. The number of hydrogen-bond acceptors (Lipinski definition) is 5. The Morgan fingerprint density at radius 3 is 2.25 bits per heavy atom. The lowest BCUT2D eigenvalue weighted by Gasteiger charge is -2.32. The average Bonchev–Trinajstić information content (AvgIpc) is 2.97. The fraction of sp³-hybridized carbons (Fsp3) is 0.643. The minimum absolute atomic E-state index is 0.365. The van der Waals surface area contributed by atoms with Crippen molar-refractivity contribution in [2.75, 3.05) is 13.2 Å². The SMILES string of the molecule is CC1(C)OB(c2cccc(C3OCCO3)n2)OC1(C)C. The van der Waals surface area contributed by atoms with E-state index in [-0.39, 0.29) is 17.5 Å². The molecule has 0 bridgehead atoms. The summed E-state index contributed by atoms with van der Waals surface area (Å²) in [6.45, 7) is 9.32. The molecule has 5 nitrogen and oxygen atoms in total. The van der Waals surface area contributed by atoms with Crippen LogP contribution in [0.4, 0.5) is 0 Å². The number of ether oxygens (including phenoxy) is 2.